The number of morpholine rings is 1. The molecule has 1 aliphatic heterocycles. The van der Waals surface area contributed by atoms with Crippen LogP contribution in [-0.2, 0) is 9.53 Å². The first-order chi connectivity index (χ1) is 9.75. The number of hydrogen-bond acceptors (Lipinski definition) is 4. The van der Waals surface area contributed by atoms with E-state index in [1.807, 2.05) is 0 Å². The minimum absolute atomic E-state index is 0.264. The smallest absolute Gasteiger partial charge is 0.304 e. The summed E-state index contributed by atoms with van der Waals surface area (Å²) in [7, 11) is 0. The van der Waals surface area contributed by atoms with Crippen LogP contribution >= 0.6 is 0 Å². The van der Waals surface area contributed by atoms with Crippen molar-refractivity contribution in [1.82, 2.24) is 9.80 Å². The van der Waals surface area contributed by atoms with Crippen molar-refractivity contribution in [2.24, 2.45) is 0 Å². The molecule has 2 rings (SSSR count). The summed E-state index contributed by atoms with van der Waals surface area (Å²) in [6.45, 7) is 6.42. The number of carboxylic acids is 1. The number of nitrogens with zero attached hydrogens (tertiary/aromatic N) is 2. The van der Waals surface area contributed by atoms with E-state index >= 15 is 0 Å². The van der Waals surface area contributed by atoms with E-state index in [2.05, 4.69) is 9.80 Å². The van der Waals surface area contributed by atoms with Crippen molar-refractivity contribution in [3.8, 4) is 0 Å². The second kappa shape index (κ2) is 8.60. The SMILES string of the molecule is O=C(O)CCN(CCN1CCOCC1)C1CCCCC1. The third kappa shape index (κ3) is 5.38. The van der Waals surface area contributed by atoms with E-state index in [4.69, 9.17) is 9.84 Å². The van der Waals surface area contributed by atoms with Crippen molar-refractivity contribution < 1.29 is 14.6 Å². The van der Waals surface area contributed by atoms with Crippen molar-refractivity contribution in [3.63, 3.8) is 0 Å². The summed E-state index contributed by atoms with van der Waals surface area (Å²) in [5.41, 5.74) is 0. The monoisotopic (exact) mass is 284 g/mol. The van der Waals surface area contributed by atoms with Crippen LogP contribution in [0.15, 0.2) is 0 Å². The van der Waals surface area contributed by atoms with E-state index in [1.54, 1.807) is 0 Å². The van der Waals surface area contributed by atoms with Gasteiger partial charge in [-0.25, -0.2) is 0 Å². The average molecular weight is 284 g/mol. The molecule has 1 N–H and O–H groups in total. The zero-order valence-corrected chi connectivity index (χ0v) is 12.4. The number of aliphatic carboxylic acids is 1. The molecule has 1 heterocycles. The van der Waals surface area contributed by atoms with Crippen molar-refractivity contribution in [2.45, 2.75) is 44.6 Å². The quantitative estimate of drug-likeness (QED) is 0.766. The lowest BCUT2D eigenvalue weighted by Crippen LogP contribution is -2.45. The summed E-state index contributed by atoms with van der Waals surface area (Å²) >= 11 is 0. The van der Waals surface area contributed by atoms with Gasteiger partial charge in [0.2, 0.25) is 0 Å². The van der Waals surface area contributed by atoms with Gasteiger partial charge in [-0.05, 0) is 12.8 Å². The number of ether oxygens (including phenoxy) is 1. The van der Waals surface area contributed by atoms with Crippen LogP contribution in [0.1, 0.15) is 38.5 Å². The fourth-order valence-electron chi connectivity index (χ4n) is 3.26. The molecule has 0 radical (unpaired) electrons. The number of carboxylic acid groups (broad SMARTS) is 1. The molecule has 0 atom stereocenters. The van der Waals surface area contributed by atoms with Gasteiger partial charge in [0, 0.05) is 38.8 Å². The highest BCUT2D eigenvalue weighted by Crippen LogP contribution is 2.22. The Balaban J connectivity index is 1.78. The Kier molecular flexibility index (Phi) is 6.76. The van der Waals surface area contributed by atoms with Crippen LogP contribution in [0.4, 0.5) is 0 Å². The molecule has 0 spiro atoms. The molecular weight excluding hydrogens is 256 g/mol. The van der Waals surface area contributed by atoms with Gasteiger partial charge in [0.25, 0.3) is 0 Å². The maximum Gasteiger partial charge on any atom is 0.304 e. The van der Waals surface area contributed by atoms with Gasteiger partial charge in [0.05, 0.1) is 19.6 Å². The lowest BCUT2D eigenvalue weighted by Gasteiger charge is -2.36. The van der Waals surface area contributed by atoms with Crippen LogP contribution in [-0.4, -0.2) is 72.9 Å². The molecule has 0 bridgehead atoms. The summed E-state index contributed by atoms with van der Waals surface area (Å²) in [5.74, 6) is -0.683. The largest absolute Gasteiger partial charge is 0.481 e. The highest BCUT2D eigenvalue weighted by atomic mass is 16.5. The standard InChI is InChI=1S/C15H28N2O3/c18-15(19)6-7-17(14-4-2-1-3-5-14)9-8-16-10-12-20-13-11-16/h14H,1-13H2,(H,18,19). The highest BCUT2D eigenvalue weighted by molar-refractivity contribution is 5.66. The van der Waals surface area contributed by atoms with Crippen LogP contribution in [0.5, 0.6) is 0 Å². The first-order valence-electron chi connectivity index (χ1n) is 8.01. The van der Waals surface area contributed by atoms with Gasteiger partial charge in [-0.1, -0.05) is 19.3 Å². The maximum absolute atomic E-state index is 10.8. The van der Waals surface area contributed by atoms with Crippen LogP contribution in [0.3, 0.4) is 0 Å². The zero-order chi connectivity index (χ0) is 14.2. The molecule has 0 aromatic carbocycles. The predicted octanol–water partition coefficient (Wildman–Crippen LogP) is 1.43. The van der Waals surface area contributed by atoms with Crippen molar-refractivity contribution in [2.75, 3.05) is 45.9 Å². The molecule has 2 aliphatic rings. The second-order valence-corrected chi connectivity index (χ2v) is 5.93. The highest BCUT2D eigenvalue weighted by Gasteiger charge is 2.22. The van der Waals surface area contributed by atoms with E-state index in [1.165, 1.54) is 32.1 Å². The molecule has 1 aliphatic carbocycles. The summed E-state index contributed by atoms with van der Waals surface area (Å²) in [5, 5.41) is 8.92. The lowest BCUT2D eigenvalue weighted by molar-refractivity contribution is -0.137. The molecular formula is C15H28N2O3. The van der Waals surface area contributed by atoms with Crippen LogP contribution in [0, 0.1) is 0 Å². The Bertz CT molecular complexity index is 287. The van der Waals surface area contributed by atoms with Crippen LogP contribution in [0.2, 0.25) is 0 Å². The predicted molar refractivity (Wildman–Crippen MR) is 78.0 cm³/mol. The maximum atomic E-state index is 10.8. The summed E-state index contributed by atoms with van der Waals surface area (Å²) in [6, 6.07) is 0.601. The summed E-state index contributed by atoms with van der Waals surface area (Å²) in [6.07, 6.45) is 6.68. The number of rotatable bonds is 7. The van der Waals surface area contributed by atoms with E-state index < -0.39 is 5.97 Å². The van der Waals surface area contributed by atoms with Gasteiger partial charge >= 0.3 is 5.97 Å². The first-order valence-corrected chi connectivity index (χ1v) is 8.01. The molecule has 20 heavy (non-hydrogen) atoms. The van der Waals surface area contributed by atoms with Crippen molar-refractivity contribution in [3.05, 3.63) is 0 Å². The molecule has 2 fully saturated rings. The zero-order valence-electron chi connectivity index (χ0n) is 12.4. The van der Waals surface area contributed by atoms with E-state index in [0.717, 1.165) is 39.4 Å². The molecule has 0 aromatic heterocycles. The normalized spacial score (nSPS) is 22.2. The molecule has 1 saturated heterocycles. The van der Waals surface area contributed by atoms with E-state index in [0.29, 0.717) is 12.6 Å². The summed E-state index contributed by atoms with van der Waals surface area (Å²) < 4.78 is 5.37. The van der Waals surface area contributed by atoms with E-state index in [9.17, 15) is 4.79 Å². The van der Waals surface area contributed by atoms with Crippen LogP contribution < -0.4 is 0 Å². The number of carbonyl (C=O) groups is 1. The third-order valence-electron chi connectivity index (χ3n) is 4.51. The summed E-state index contributed by atoms with van der Waals surface area (Å²) in [4.78, 5) is 15.7. The molecule has 5 nitrogen and oxygen atoms in total. The molecule has 0 aromatic rings. The minimum atomic E-state index is -0.683. The molecule has 116 valence electrons. The first kappa shape index (κ1) is 15.7. The van der Waals surface area contributed by atoms with Crippen molar-refractivity contribution >= 4 is 5.97 Å². The molecule has 1 saturated carbocycles. The molecule has 0 unspecified atom stereocenters. The Morgan fingerprint density at radius 1 is 1.15 bits per heavy atom. The fourth-order valence-corrected chi connectivity index (χ4v) is 3.26. The topological polar surface area (TPSA) is 53.0 Å². The van der Waals surface area contributed by atoms with Gasteiger partial charge < -0.3 is 9.84 Å². The second-order valence-electron chi connectivity index (χ2n) is 5.93. The van der Waals surface area contributed by atoms with Gasteiger partial charge in [0.15, 0.2) is 0 Å². The Morgan fingerprint density at radius 3 is 2.50 bits per heavy atom. The van der Waals surface area contributed by atoms with Crippen LogP contribution in [0.25, 0.3) is 0 Å². The van der Waals surface area contributed by atoms with Crippen molar-refractivity contribution in [1.29, 1.82) is 0 Å². The fraction of sp³-hybridized carbons (Fsp3) is 0.933. The molecule has 0 amide bonds. The Morgan fingerprint density at radius 2 is 1.85 bits per heavy atom. The number of hydrogen-bond donors (Lipinski definition) is 1. The third-order valence-corrected chi connectivity index (χ3v) is 4.51. The van der Waals surface area contributed by atoms with Gasteiger partial charge in [-0.15, -0.1) is 0 Å². The minimum Gasteiger partial charge on any atom is -0.481 e. The lowest BCUT2D eigenvalue weighted by atomic mass is 9.94. The average Bonchev–Trinajstić information content (AvgIpc) is 2.49. The van der Waals surface area contributed by atoms with E-state index in [-0.39, 0.29) is 6.42 Å². The van der Waals surface area contributed by atoms with Gasteiger partial charge in [-0.2, -0.15) is 0 Å². The Labute approximate surface area is 121 Å². The van der Waals surface area contributed by atoms with Gasteiger partial charge in [-0.3, -0.25) is 14.6 Å². The Hall–Kier alpha value is -0.650. The molecule has 5 heteroatoms. The van der Waals surface area contributed by atoms with Gasteiger partial charge in [0.1, 0.15) is 0 Å².